The summed E-state index contributed by atoms with van der Waals surface area (Å²) >= 11 is 0. The normalized spacial score (nSPS) is 23.5. The van der Waals surface area contributed by atoms with Crippen molar-refractivity contribution in [3.63, 3.8) is 0 Å². The first-order chi connectivity index (χ1) is 10.2. The molecule has 2 fully saturated rings. The van der Waals surface area contributed by atoms with Gasteiger partial charge in [0.25, 0.3) is 0 Å². The van der Waals surface area contributed by atoms with Crippen LogP contribution in [-0.4, -0.2) is 53.7 Å². The maximum atomic E-state index is 13.7. The highest BCUT2D eigenvalue weighted by Gasteiger charge is 2.27. The fourth-order valence-electron chi connectivity index (χ4n) is 3.66. The Morgan fingerprint density at radius 2 is 1.76 bits per heavy atom. The summed E-state index contributed by atoms with van der Waals surface area (Å²) in [5.74, 6) is -0.308. The summed E-state index contributed by atoms with van der Waals surface area (Å²) in [4.78, 5) is 4.88. The number of benzene rings is 1. The number of hydrogen-bond acceptors (Lipinski definition) is 3. The average molecular weight is 292 g/mol. The van der Waals surface area contributed by atoms with Gasteiger partial charge in [0.1, 0.15) is 5.82 Å². The molecule has 2 heterocycles. The van der Waals surface area contributed by atoms with Gasteiger partial charge in [0.05, 0.1) is 6.10 Å². The van der Waals surface area contributed by atoms with Crippen LogP contribution in [0.5, 0.6) is 0 Å². The molecule has 1 N–H and O–H groups in total. The highest BCUT2D eigenvalue weighted by atomic mass is 19.1. The van der Waals surface area contributed by atoms with E-state index in [1.165, 1.54) is 44.8 Å². The van der Waals surface area contributed by atoms with Crippen molar-refractivity contribution in [2.24, 2.45) is 0 Å². The molecule has 1 atom stereocenters. The maximum absolute atomic E-state index is 13.7. The summed E-state index contributed by atoms with van der Waals surface area (Å²) in [5, 5.41) is 10.2. The van der Waals surface area contributed by atoms with Crippen LogP contribution in [0.3, 0.4) is 0 Å². The molecule has 0 aromatic heterocycles. The van der Waals surface area contributed by atoms with Gasteiger partial charge in [0.2, 0.25) is 0 Å². The first kappa shape index (κ1) is 14.9. The van der Waals surface area contributed by atoms with E-state index in [2.05, 4.69) is 9.80 Å². The molecule has 2 saturated heterocycles. The first-order valence-corrected chi connectivity index (χ1v) is 8.13. The molecule has 3 rings (SSSR count). The smallest absolute Gasteiger partial charge is 0.129 e. The van der Waals surface area contributed by atoms with Crippen molar-refractivity contribution in [2.45, 2.75) is 37.8 Å². The molecule has 2 aliphatic heterocycles. The monoisotopic (exact) mass is 292 g/mol. The van der Waals surface area contributed by atoms with Gasteiger partial charge >= 0.3 is 0 Å². The van der Waals surface area contributed by atoms with Crippen LogP contribution in [0, 0.1) is 5.82 Å². The van der Waals surface area contributed by atoms with Crippen LogP contribution in [0.15, 0.2) is 24.3 Å². The van der Waals surface area contributed by atoms with Gasteiger partial charge in [-0.25, -0.2) is 4.39 Å². The number of hydrogen-bond donors (Lipinski definition) is 1. The van der Waals surface area contributed by atoms with Crippen LogP contribution >= 0.6 is 0 Å². The van der Waals surface area contributed by atoms with E-state index in [1.54, 1.807) is 18.2 Å². The van der Waals surface area contributed by atoms with E-state index in [0.717, 1.165) is 13.1 Å². The Bertz CT molecular complexity index is 454. The zero-order valence-electron chi connectivity index (χ0n) is 12.5. The van der Waals surface area contributed by atoms with Crippen molar-refractivity contribution < 1.29 is 9.50 Å². The van der Waals surface area contributed by atoms with Crippen LogP contribution in [0.25, 0.3) is 0 Å². The van der Waals surface area contributed by atoms with Crippen molar-refractivity contribution in [3.05, 3.63) is 35.6 Å². The molecule has 4 heteroatoms. The molecule has 0 aliphatic carbocycles. The van der Waals surface area contributed by atoms with Crippen LogP contribution in [-0.2, 0) is 0 Å². The van der Waals surface area contributed by atoms with Gasteiger partial charge in [-0.2, -0.15) is 0 Å². The molecule has 0 unspecified atom stereocenters. The summed E-state index contributed by atoms with van der Waals surface area (Å²) in [5.41, 5.74) is 0.416. The van der Waals surface area contributed by atoms with E-state index < -0.39 is 6.10 Å². The van der Waals surface area contributed by atoms with E-state index in [-0.39, 0.29) is 5.82 Å². The molecule has 21 heavy (non-hydrogen) atoms. The number of halogens is 1. The van der Waals surface area contributed by atoms with Crippen molar-refractivity contribution in [3.8, 4) is 0 Å². The predicted molar refractivity (Wildman–Crippen MR) is 81.6 cm³/mol. The molecule has 0 radical (unpaired) electrons. The number of likely N-dealkylation sites (tertiary alicyclic amines) is 2. The minimum absolute atomic E-state index is 0.308. The van der Waals surface area contributed by atoms with Crippen LogP contribution in [0.2, 0.25) is 0 Å². The second-order valence-corrected chi connectivity index (χ2v) is 6.31. The topological polar surface area (TPSA) is 26.7 Å². The third-order valence-corrected chi connectivity index (χ3v) is 4.91. The third-order valence-electron chi connectivity index (χ3n) is 4.91. The lowest BCUT2D eigenvalue weighted by atomic mass is 10.0. The van der Waals surface area contributed by atoms with E-state index >= 15 is 0 Å². The second-order valence-electron chi connectivity index (χ2n) is 6.31. The Balaban J connectivity index is 1.50. The third kappa shape index (κ3) is 3.62. The van der Waals surface area contributed by atoms with Crippen LogP contribution in [0.1, 0.15) is 37.4 Å². The van der Waals surface area contributed by atoms with Gasteiger partial charge in [0, 0.05) is 18.2 Å². The Morgan fingerprint density at radius 3 is 2.43 bits per heavy atom. The van der Waals surface area contributed by atoms with Crippen molar-refractivity contribution >= 4 is 0 Å². The Hall–Kier alpha value is -0.970. The minimum Gasteiger partial charge on any atom is -0.387 e. The summed E-state index contributed by atoms with van der Waals surface area (Å²) in [6.45, 7) is 5.05. The molecule has 0 spiro atoms. The van der Waals surface area contributed by atoms with E-state index in [4.69, 9.17) is 0 Å². The molecule has 0 bridgehead atoms. The summed E-state index contributed by atoms with van der Waals surface area (Å²) in [6, 6.07) is 7.25. The van der Waals surface area contributed by atoms with Crippen molar-refractivity contribution in [1.82, 2.24) is 9.80 Å². The molecule has 3 nitrogen and oxygen atoms in total. The fraction of sp³-hybridized carbons (Fsp3) is 0.647. The Kier molecular flexibility index (Phi) is 4.88. The minimum atomic E-state index is -0.727. The van der Waals surface area contributed by atoms with Gasteiger partial charge in [0.15, 0.2) is 0 Å². The number of aliphatic hydroxyl groups is 1. The molecule has 1 aromatic rings. The van der Waals surface area contributed by atoms with Gasteiger partial charge in [-0.05, 0) is 57.9 Å². The second kappa shape index (κ2) is 6.86. The molecule has 2 aliphatic rings. The van der Waals surface area contributed by atoms with Crippen molar-refractivity contribution in [1.29, 1.82) is 0 Å². The molecule has 0 amide bonds. The molecule has 0 saturated carbocycles. The zero-order chi connectivity index (χ0) is 14.7. The van der Waals surface area contributed by atoms with Gasteiger partial charge in [-0.3, -0.25) is 0 Å². The first-order valence-electron chi connectivity index (χ1n) is 8.13. The number of nitrogens with zero attached hydrogens (tertiary/aromatic N) is 2. The largest absolute Gasteiger partial charge is 0.387 e. The predicted octanol–water partition coefficient (Wildman–Crippen LogP) is 2.42. The van der Waals surface area contributed by atoms with E-state index in [9.17, 15) is 9.50 Å². The number of aliphatic hydroxyl groups excluding tert-OH is 1. The lowest BCUT2D eigenvalue weighted by Crippen LogP contribution is -2.44. The zero-order valence-corrected chi connectivity index (χ0v) is 12.5. The van der Waals surface area contributed by atoms with Crippen molar-refractivity contribution in [2.75, 3.05) is 32.7 Å². The van der Waals surface area contributed by atoms with Crippen LogP contribution in [0.4, 0.5) is 4.39 Å². The number of rotatable bonds is 4. The number of piperidine rings is 1. The Labute approximate surface area is 126 Å². The Morgan fingerprint density at radius 1 is 1.10 bits per heavy atom. The molecular weight excluding hydrogens is 267 g/mol. The lowest BCUT2D eigenvalue weighted by molar-refractivity contribution is 0.0723. The summed E-state index contributed by atoms with van der Waals surface area (Å²) in [7, 11) is 0. The van der Waals surface area contributed by atoms with E-state index in [0.29, 0.717) is 18.2 Å². The van der Waals surface area contributed by atoms with Gasteiger partial charge in [-0.15, -0.1) is 0 Å². The number of β-amino-alcohol motifs (C(OH)–C–C–N with tert-alkyl or cyclic N) is 1. The molecular formula is C17H25FN2O. The average Bonchev–Trinajstić information content (AvgIpc) is 3.02. The van der Waals surface area contributed by atoms with Gasteiger partial charge in [-0.1, -0.05) is 18.2 Å². The fourth-order valence-corrected chi connectivity index (χ4v) is 3.66. The molecule has 1 aromatic carbocycles. The highest BCUT2D eigenvalue weighted by molar-refractivity contribution is 5.20. The summed E-state index contributed by atoms with van der Waals surface area (Å²) < 4.78 is 13.7. The van der Waals surface area contributed by atoms with E-state index in [1.807, 2.05) is 0 Å². The SMILES string of the molecule is O[C@@H](CN1CCC(N2CCCC2)CC1)c1ccccc1F. The summed E-state index contributed by atoms with van der Waals surface area (Å²) in [6.07, 6.45) is 4.29. The van der Waals surface area contributed by atoms with Gasteiger partial charge < -0.3 is 14.9 Å². The van der Waals surface area contributed by atoms with Crippen LogP contribution < -0.4 is 0 Å². The lowest BCUT2D eigenvalue weighted by Gasteiger charge is -2.37. The highest BCUT2D eigenvalue weighted by Crippen LogP contribution is 2.23. The quantitative estimate of drug-likeness (QED) is 0.923. The molecule has 116 valence electrons. The standard InChI is InChI=1S/C17H25FN2O/c18-16-6-2-1-5-15(16)17(21)13-19-11-7-14(8-12-19)20-9-3-4-10-20/h1-2,5-6,14,17,21H,3-4,7-13H2/t17-/m0/s1. The maximum Gasteiger partial charge on any atom is 0.129 e.